The van der Waals surface area contributed by atoms with Crippen molar-refractivity contribution >= 4 is 21.8 Å². The minimum atomic E-state index is -3.59. The number of benzene rings is 1. The van der Waals surface area contributed by atoms with E-state index in [0.717, 1.165) is 19.3 Å². The number of fused-ring (bicyclic) bond motifs is 1. The van der Waals surface area contributed by atoms with Gasteiger partial charge >= 0.3 is 0 Å². The standard InChI is InChI=1S/C16H22N4O3S/c1-11(16(21)20-9-5-4-6-12(20)10-17)18-15-13-7-2-3-8-14(13)24(22,23)19-15/h2-3,7-8,11-12H,4-6,9-10,17H2,1H3,(H,18,19). The summed E-state index contributed by atoms with van der Waals surface area (Å²) in [5.41, 5.74) is 6.28. The third-order valence-electron chi connectivity index (χ3n) is 4.53. The van der Waals surface area contributed by atoms with Crippen molar-refractivity contribution in [1.82, 2.24) is 9.62 Å². The van der Waals surface area contributed by atoms with Crippen LogP contribution in [-0.2, 0) is 14.8 Å². The molecule has 0 aliphatic carbocycles. The molecular weight excluding hydrogens is 328 g/mol. The van der Waals surface area contributed by atoms with E-state index in [9.17, 15) is 13.2 Å². The van der Waals surface area contributed by atoms with E-state index in [4.69, 9.17) is 5.73 Å². The van der Waals surface area contributed by atoms with Gasteiger partial charge in [-0.15, -0.1) is 0 Å². The van der Waals surface area contributed by atoms with Crippen molar-refractivity contribution in [2.75, 3.05) is 13.1 Å². The predicted octanol–water partition coefficient (Wildman–Crippen LogP) is 0.453. The van der Waals surface area contributed by atoms with Gasteiger partial charge in [0.25, 0.3) is 10.0 Å². The van der Waals surface area contributed by atoms with Gasteiger partial charge in [-0.05, 0) is 38.3 Å². The molecule has 2 aliphatic rings. The molecule has 24 heavy (non-hydrogen) atoms. The van der Waals surface area contributed by atoms with Crippen LogP contribution in [0.1, 0.15) is 31.7 Å². The van der Waals surface area contributed by atoms with Crippen molar-refractivity contribution in [3.05, 3.63) is 29.8 Å². The lowest BCUT2D eigenvalue weighted by molar-refractivity contribution is -0.135. The summed E-state index contributed by atoms with van der Waals surface area (Å²) in [6.07, 6.45) is 2.93. The second kappa shape index (κ2) is 6.52. The van der Waals surface area contributed by atoms with Crippen LogP contribution in [0, 0.1) is 0 Å². The first-order valence-corrected chi connectivity index (χ1v) is 9.63. The zero-order chi connectivity index (χ0) is 17.3. The number of hydrogen-bond donors (Lipinski definition) is 2. The van der Waals surface area contributed by atoms with Gasteiger partial charge in [0.2, 0.25) is 5.91 Å². The minimum Gasteiger partial charge on any atom is -0.337 e. The van der Waals surface area contributed by atoms with Crippen molar-refractivity contribution in [2.24, 2.45) is 10.7 Å². The number of aliphatic imine (C=N–C) groups is 1. The van der Waals surface area contributed by atoms with Crippen LogP contribution in [0.4, 0.5) is 0 Å². The van der Waals surface area contributed by atoms with Gasteiger partial charge in [-0.1, -0.05) is 12.1 Å². The van der Waals surface area contributed by atoms with Crippen molar-refractivity contribution in [3.63, 3.8) is 0 Å². The molecule has 0 saturated carbocycles. The van der Waals surface area contributed by atoms with Crippen molar-refractivity contribution in [2.45, 2.75) is 43.2 Å². The zero-order valence-electron chi connectivity index (χ0n) is 13.6. The summed E-state index contributed by atoms with van der Waals surface area (Å²) >= 11 is 0. The molecule has 0 spiro atoms. The van der Waals surface area contributed by atoms with Crippen LogP contribution in [0.5, 0.6) is 0 Å². The topological polar surface area (TPSA) is 105 Å². The van der Waals surface area contributed by atoms with E-state index in [1.165, 1.54) is 6.07 Å². The molecule has 1 amide bonds. The average molecular weight is 350 g/mol. The lowest BCUT2D eigenvalue weighted by atomic mass is 10.0. The van der Waals surface area contributed by atoms with Gasteiger partial charge in [0, 0.05) is 24.7 Å². The van der Waals surface area contributed by atoms with Crippen LogP contribution >= 0.6 is 0 Å². The Morgan fingerprint density at radius 3 is 2.92 bits per heavy atom. The summed E-state index contributed by atoms with van der Waals surface area (Å²) in [7, 11) is -3.59. The second-order valence-corrected chi connectivity index (χ2v) is 7.82. The first-order valence-electron chi connectivity index (χ1n) is 8.14. The van der Waals surface area contributed by atoms with E-state index in [1.807, 2.05) is 0 Å². The number of nitrogens with one attached hydrogen (secondary N) is 1. The normalized spacial score (nSPS) is 25.2. The maximum Gasteiger partial charge on any atom is 0.263 e. The molecule has 2 aliphatic heterocycles. The molecule has 2 heterocycles. The number of nitrogens with two attached hydrogens (primary N) is 1. The lowest BCUT2D eigenvalue weighted by Gasteiger charge is -2.36. The fourth-order valence-electron chi connectivity index (χ4n) is 3.25. The molecule has 1 saturated heterocycles. The summed E-state index contributed by atoms with van der Waals surface area (Å²) in [5.74, 6) is 0.119. The third kappa shape index (κ3) is 3.03. The average Bonchev–Trinajstić information content (AvgIpc) is 2.85. The number of likely N-dealkylation sites (tertiary alicyclic amines) is 1. The molecule has 7 nitrogen and oxygen atoms in total. The quantitative estimate of drug-likeness (QED) is 0.826. The Kier molecular flexibility index (Phi) is 4.60. The van der Waals surface area contributed by atoms with Crippen molar-refractivity contribution < 1.29 is 13.2 Å². The summed E-state index contributed by atoms with van der Waals surface area (Å²) < 4.78 is 26.7. The van der Waals surface area contributed by atoms with Gasteiger partial charge < -0.3 is 10.6 Å². The Balaban J connectivity index is 1.85. The van der Waals surface area contributed by atoms with Crippen LogP contribution in [0.2, 0.25) is 0 Å². The molecule has 1 aromatic rings. The third-order valence-corrected chi connectivity index (χ3v) is 5.92. The number of carbonyl (C=O) groups is 1. The van der Waals surface area contributed by atoms with E-state index in [2.05, 4.69) is 9.71 Å². The smallest absolute Gasteiger partial charge is 0.263 e. The van der Waals surface area contributed by atoms with E-state index >= 15 is 0 Å². The summed E-state index contributed by atoms with van der Waals surface area (Å²) in [6.45, 7) is 2.80. The maximum atomic E-state index is 12.7. The molecule has 130 valence electrons. The number of sulfonamides is 1. The van der Waals surface area contributed by atoms with Crippen molar-refractivity contribution in [3.8, 4) is 0 Å². The number of nitrogens with zero attached hydrogens (tertiary/aromatic N) is 2. The Hall–Kier alpha value is -1.93. The highest BCUT2D eigenvalue weighted by atomic mass is 32.2. The fourth-order valence-corrected chi connectivity index (χ4v) is 4.49. The molecule has 2 unspecified atom stereocenters. The van der Waals surface area contributed by atoms with E-state index in [-0.39, 0.29) is 22.7 Å². The largest absolute Gasteiger partial charge is 0.337 e. The highest BCUT2D eigenvalue weighted by molar-refractivity contribution is 7.90. The number of amidine groups is 1. The van der Waals surface area contributed by atoms with Crippen LogP contribution in [0.25, 0.3) is 0 Å². The van der Waals surface area contributed by atoms with E-state index in [0.29, 0.717) is 18.7 Å². The molecule has 8 heteroatoms. The Morgan fingerprint density at radius 2 is 2.17 bits per heavy atom. The first kappa shape index (κ1) is 16.9. The van der Waals surface area contributed by atoms with Gasteiger partial charge in [-0.2, -0.15) is 0 Å². The SMILES string of the molecule is CC(N=C1NS(=O)(=O)c2ccccc21)C(=O)N1CCCCC1CN. The zero-order valence-corrected chi connectivity index (χ0v) is 14.4. The first-order chi connectivity index (χ1) is 11.4. The number of piperidine rings is 1. The van der Waals surface area contributed by atoms with Crippen molar-refractivity contribution in [1.29, 1.82) is 0 Å². The van der Waals surface area contributed by atoms with Crippen LogP contribution in [-0.4, -0.2) is 50.2 Å². The Morgan fingerprint density at radius 1 is 1.42 bits per heavy atom. The van der Waals surface area contributed by atoms with E-state index < -0.39 is 16.1 Å². The van der Waals surface area contributed by atoms with Gasteiger partial charge in [0.1, 0.15) is 11.9 Å². The van der Waals surface area contributed by atoms with Crippen LogP contribution in [0.3, 0.4) is 0 Å². The van der Waals surface area contributed by atoms with Gasteiger partial charge in [-0.3, -0.25) is 14.5 Å². The molecular formula is C16H22N4O3S. The molecule has 1 fully saturated rings. The molecule has 1 aromatic carbocycles. The Labute approximate surface area is 142 Å². The fraction of sp³-hybridized carbons (Fsp3) is 0.500. The monoisotopic (exact) mass is 350 g/mol. The molecule has 2 atom stereocenters. The molecule has 0 radical (unpaired) electrons. The number of carbonyl (C=O) groups excluding carboxylic acids is 1. The van der Waals surface area contributed by atoms with Crippen LogP contribution in [0.15, 0.2) is 34.2 Å². The Bertz CT molecular complexity index is 775. The molecule has 0 aromatic heterocycles. The predicted molar refractivity (Wildman–Crippen MR) is 91.2 cm³/mol. The summed E-state index contributed by atoms with van der Waals surface area (Å²) in [5, 5.41) is 0. The summed E-state index contributed by atoms with van der Waals surface area (Å²) in [4.78, 5) is 19.0. The second-order valence-electron chi connectivity index (χ2n) is 6.17. The summed E-state index contributed by atoms with van der Waals surface area (Å²) in [6, 6.07) is 6.00. The number of amides is 1. The maximum absolute atomic E-state index is 12.7. The molecule has 3 rings (SSSR count). The van der Waals surface area contributed by atoms with Gasteiger partial charge in [0.15, 0.2) is 0 Å². The number of hydrogen-bond acceptors (Lipinski definition) is 5. The number of rotatable bonds is 3. The van der Waals surface area contributed by atoms with Gasteiger partial charge in [0.05, 0.1) is 4.90 Å². The molecule has 3 N–H and O–H groups in total. The van der Waals surface area contributed by atoms with E-state index in [1.54, 1.807) is 30.0 Å². The lowest BCUT2D eigenvalue weighted by Crippen LogP contribution is -2.50. The van der Waals surface area contributed by atoms with Crippen LogP contribution < -0.4 is 10.5 Å². The highest BCUT2D eigenvalue weighted by Crippen LogP contribution is 2.23. The minimum absolute atomic E-state index is 0.0430. The molecule has 0 bridgehead atoms. The highest BCUT2D eigenvalue weighted by Gasteiger charge is 2.33. The van der Waals surface area contributed by atoms with Gasteiger partial charge in [-0.25, -0.2) is 8.42 Å².